The maximum Gasteiger partial charge on any atom is 0.453 e. The van der Waals surface area contributed by atoms with Gasteiger partial charge in [-0.1, -0.05) is 6.07 Å². The van der Waals surface area contributed by atoms with E-state index in [-0.39, 0.29) is 16.8 Å². The molecule has 0 fully saturated rings. The lowest BCUT2D eigenvalue weighted by atomic mass is 10.3. The fraction of sp³-hybridized carbons (Fsp3) is 0.222. The first-order valence-corrected chi connectivity index (χ1v) is 4.27. The number of methoxy groups -OCH3 is 1. The van der Waals surface area contributed by atoms with Gasteiger partial charge in [0.2, 0.25) is 0 Å². The molecule has 1 aromatic carbocycles. The van der Waals surface area contributed by atoms with Crippen molar-refractivity contribution in [3.63, 3.8) is 0 Å². The van der Waals surface area contributed by atoms with Crippen LogP contribution in [0.2, 0.25) is 0 Å². The number of ether oxygens (including phenoxy) is 1. The number of fused-ring (bicyclic) bond motifs is 1. The van der Waals surface area contributed by atoms with E-state index >= 15 is 0 Å². The number of hydrogen-bond donors (Lipinski definition) is 0. The van der Waals surface area contributed by atoms with Gasteiger partial charge in [0.05, 0.1) is 7.11 Å². The van der Waals surface area contributed by atoms with Crippen LogP contribution in [0, 0.1) is 0 Å². The molecular formula is C9H6F3N3O. The van der Waals surface area contributed by atoms with Gasteiger partial charge >= 0.3 is 6.18 Å². The first-order chi connectivity index (χ1) is 7.52. The topological polar surface area (TPSA) is 47.9 Å². The van der Waals surface area contributed by atoms with Crippen molar-refractivity contribution in [1.29, 1.82) is 0 Å². The predicted molar refractivity (Wildman–Crippen MR) is 48.9 cm³/mol. The van der Waals surface area contributed by atoms with Crippen LogP contribution in [0.1, 0.15) is 5.82 Å². The van der Waals surface area contributed by atoms with Crippen LogP contribution in [0.3, 0.4) is 0 Å². The lowest BCUT2D eigenvalue weighted by molar-refractivity contribution is -0.145. The molecule has 4 nitrogen and oxygen atoms in total. The Morgan fingerprint density at radius 3 is 2.56 bits per heavy atom. The second-order valence-electron chi connectivity index (χ2n) is 2.96. The number of nitrogens with zero attached hydrogens (tertiary/aromatic N) is 3. The third-order valence-electron chi connectivity index (χ3n) is 1.92. The van der Waals surface area contributed by atoms with Crippen molar-refractivity contribution in [2.24, 2.45) is 0 Å². The third-order valence-corrected chi connectivity index (χ3v) is 1.92. The van der Waals surface area contributed by atoms with Gasteiger partial charge in [-0.05, 0) is 12.1 Å². The highest BCUT2D eigenvalue weighted by Crippen LogP contribution is 2.28. The van der Waals surface area contributed by atoms with E-state index in [4.69, 9.17) is 4.74 Å². The molecule has 0 N–H and O–H groups in total. The first-order valence-electron chi connectivity index (χ1n) is 4.27. The average molecular weight is 229 g/mol. The molecule has 2 rings (SSSR count). The van der Waals surface area contributed by atoms with Gasteiger partial charge < -0.3 is 4.74 Å². The number of benzene rings is 1. The summed E-state index contributed by atoms with van der Waals surface area (Å²) >= 11 is 0. The fourth-order valence-electron chi connectivity index (χ4n) is 1.22. The molecule has 0 bridgehead atoms. The summed E-state index contributed by atoms with van der Waals surface area (Å²) in [5, 5.41) is 6.46. The van der Waals surface area contributed by atoms with Gasteiger partial charge in [-0.2, -0.15) is 13.2 Å². The molecule has 16 heavy (non-hydrogen) atoms. The van der Waals surface area contributed by atoms with Crippen molar-refractivity contribution in [2.75, 3.05) is 7.11 Å². The second kappa shape index (κ2) is 3.58. The summed E-state index contributed by atoms with van der Waals surface area (Å²) < 4.78 is 41.9. The normalized spacial score (nSPS) is 11.8. The van der Waals surface area contributed by atoms with Crippen LogP contribution in [0.15, 0.2) is 18.2 Å². The number of hydrogen-bond acceptors (Lipinski definition) is 4. The zero-order valence-electron chi connectivity index (χ0n) is 8.12. The van der Waals surface area contributed by atoms with Crippen molar-refractivity contribution in [3.8, 4) is 5.75 Å². The van der Waals surface area contributed by atoms with Crippen LogP contribution >= 0.6 is 0 Å². The van der Waals surface area contributed by atoms with Crippen molar-refractivity contribution in [3.05, 3.63) is 24.0 Å². The Balaban J connectivity index is 2.68. The smallest absolute Gasteiger partial charge is 0.453 e. The minimum absolute atomic E-state index is 0.0484. The SMILES string of the molecule is COc1cccc2nnc(C(F)(F)F)nc12. The summed E-state index contributed by atoms with van der Waals surface area (Å²) in [7, 11) is 1.35. The quantitative estimate of drug-likeness (QED) is 0.750. The summed E-state index contributed by atoms with van der Waals surface area (Å²) in [4.78, 5) is 3.39. The molecule has 7 heteroatoms. The van der Waals surface area contributed by atoms with Crippen molar-refractivity contribution in [2.45, 2.75) is 6.18 Å². The monoisotopic (exact) mass is 229 g/mol. The van der Waals surface area contributed by atoms with Crippen molar-refractivity contribution >= 4 is 11.0 Å². The van der Waals surface area contributed by atoms with E-state index in [1.807, 2.05) is 0 Å². The largest absolute Gasteiger partial charge is 0.494 e. The van der Waals surface area contributed by atoms with Crippen LogP contribution in [0.4, 0.5) is 13.2 Å². The standard InChI is InChI=1S/C9H6F3N3O/c1-16-6-4-2-3-5-7(6)13-8(15-14-5)9(10,11)12/h2-4H,1H3. The Kier molecular flexibility index (Phi) is 2.37. The molecule has 0 radical (unpaired) electrons. The maximum atomic E-state index is 12.3. The highest BCUT2D eigenvalue weighted by Gasteiger charge is 2.35. The minimum Gasteiger partial charge on any atom is -0.494 e. The van der Waals surface area contributed by atoms with Crippen LogP contribution in [-0.4, -0.2) is 22.3 Å². The summed E-state index contributed by atoms with van der Waals surface area (Å²) in [6.07, 6.45) is -4.61. The molecule has 0 spiro atoms. The van der Waals surface area contributed by atoms with Gasteiger partial charge in [0.1, 0.15) is 16.8 Å². The Bertz CT molecular complexity index is 527. The molecule has 2 aromatic rings. The van der Waals surface area contributed by atoms with Gasteiger partial charge in [-0.25, -0.2) is 4.98 Å². The molecular weight excluding hydrogens is 223 g/mol. The number of rotatable bonds is 1. The zero-order chi connectivity index (χ0) is 11.8. The summed E-state index contributed by atoms with van der Waals surface area (Å²) in [6.45, 7) is 0. The molecule has 0 aliphatic carbocycles. The molecule has 0 aliphatic heterocycles. The highest BCUT2D eigenvalue weighted by atomic mass is 19.4. The van der Waals surface area contributed by atoms with E-state index < -0.39 is 12.0 Å². The van der Waals surface area contributed by atoms with Gasteiger partial charge in [0, 0.05) is 0 Å². The predicted octanol–water partition coefficient (Wildman–Crippen LogP) is 2.05. The second-order valence-corrected chi connectivity index (χ2v) is 2.96. The fourth-order valence-corrected chi connectivity index (χ4v) is 1.22. The van der Waals surface area contributed by atoms with Gasteiger partial charge in [-0.15, -0.1) is 10.2 Å². The van der Waals surface area contributed by atoms with E-state index in [1.165, 1.54) is 19.2 Å². The minimum atomic E-state index is -4.61. The zero-order valence-corrected chi connectivity index (χ0v) is 8.12. The average Bonchev–Trinajstić information content (AvgIpc) is 2.26. The molecule has 0 aliphatic rings. The van der Waals surface area contributed by atoms with E-state index in [2.05, 4.69) is 15.2 Å². The number of alkyl halides is 3. The lowest BCUT2D eigenvalue weighted by Gasteiger charge is -2.06. The lowest BCUT2D eigenvalue weighted by Crippen LogP contribution is -2.12. The molecule has 0 saturated heterocycles. The molecule has 1 heterocycles. The molecule has 0 atom stereocenters. The number of aromatic nitrogens is 3. The summed E-state index contributed by atoms with van der Waals surface area (Å²) in [5.74, 6) is -1.04. The molecule has 0 saturated carbocycles. The third kappa shape index (κ3) is 1.75. The van der Waals surface area contributed by atoms with Gasteiger partial charge in [0.15, 0.2) is 0 Å². The molecule has 0 amide bonds. The molecule has 84 valence electrons. The van der Waals surface area contributed by atoms with Crippen LogP contribution in [0.5, 0.6) is 5.75 Å². The van der Waals surface area contributed by atoms with Crippen LogP contribution in [-0.2, 0) is 6.18 Å². The van der Waals surface area contributed by atoms with Crippen molar-refractivity contribution in [1.82, 2.24) is 15.2 Å². The highest BCUT2D eigenvalue weighted by molar-refractivity contribution is 5.80. The van der Waals surface area contributed by atoms with E-state index in [9.17, 15) is 13.2 Å². The Labute approximate surface area is 88.1 Å². The van der Waals surface area contributed by atoms with Crippen LogP contribution in [0.25, 0.3) is 11.0 Å². The van der Waals surface area contributed by atoms with E-state index in [0.717, 1.165) is 0 Å². The van der Waals surface area contributed by atoms with E-state index in [0.29, 0.717) is 0 Å². The Morgan fingerprint density at radius 1 is 1.19 bits per heavy atom. The molecule has 0 unspecified atom stereocenters. The maximum absolute atomic E-state index is 12.3. The molecule has 1 aromatic heterocycles. The number of para-hydroxylation sites is 1. The van der Waals surface area contributed by atoms with Gasteiger partial charge in [-0.3, -0.25) is 0 Å². The van der Waals surface area contributed by atoms with Gasteiger partial charge in [0.25, 0.3) is 5.82 Å². The van der Waals surface area contributed by atoms with Crippen molar-refractivity contribution < 1.29 is 17.9 Å². The summed E-state index contributed by atoms with van der Waals surface area (Å²) in [5.41, 5.74) is 0.305. The summed E-state index contributed by atoms with van der Waals surface area (Å²) in [6, 6.07) is 4.62. The Hall–Kier alpha value is -1.92. The number of halogens is 3. The Morgan fingerprint density at radius 2 is 1.94 bits per heavy atom. The first kappa shape index (κ1) is 10.6. The van der Waals surface area contributed by atoms with E-state index in [1.54, 1.807) is 6.07 Å². The van der Waals surface area contributed by atoms with Crippen LogP contribution < -0.4 is 4.74 Å².